The molecule has 1 aliphatic rings. The Kier molecular flexibility index (Phi) is 4.99. The van der Waals surface area contributed by atoms with E-state index in [9.17, 15) is 5.11 Å². The topological polar surface area (TPSA) is 44.7 Å². The van der Waals surface area contributed by atoms with Crippen LogP contribution >= 0.6 is 0 Å². The summed E-state index contributed by atoms with van der Waals surface area (Å²) in [5.74, 6) is 0.878. The van der Waals surface area contributed by atoms with Gasteiger partial charge in [0.05, 0.1) is 19.3 Å². The summed E-state index contributed by atoms with van der Waals surface area (Å²) in [6.45, 7) is 6.72. The normalized spacial score (nSPS) is 18.6. The Balaban J connectivity index is 2.12. The van der Waals surface area contributed by atoms with Crippen molar-refractivity contribution in [2.24, 2.45) is 0 Å². The van der Waals surface area contributed by atoms with Crippen LogP contribution < -0.4 is 10.1 Å². The highest BCUT2D eigenvalue weighted by atomic mass is 16.5. The first-order valence-electron chi connectivity index (χ1n) is 6.63. The van der Waals surface area contributed by atoms with Gasteiger partial charge >= 0.3 is 0 Å². The van der Waals surface area contributed by atoms with Crippen LogP contribution in [0.1, 0.15) is 18.5 Å². The second-order valence-corrected chi connectivity index (χ2v) is 4.49. The van der Waals surface area contributed by atoms with Crippen LogP contribution in [0, 0.1) is 0 Å². The zero-order chi connectivity index (χ0) is 12.8. The van der Waals surface area contributed by atoms with Crippen molar-refractivity contribution in [2.45, 2.75) is 13.0 Å². The summed E-state index contributed by atoms with van der Waals surface area (Å²) in [4.78, 5) is 2.32. The summed E-state index contributed by atoms with van der Waals surface area (Å²) in [6, 6.07) is 8.12. The minimum Gasteiger partial charge on any atom is -0.494 e. The fraction of sp³-hybridized carbons (Fsp3) is 0.571. The van der Waals surface area contributed by atoms with Crippen molar-refractivity contribution in [2.75, 3.05) is 39.4 Å². The van der Waals surface area contributed by atoms with E-state index in [0.29, 0.717) is 6.61 Å². The van der Waals surface area contributed by atoms with Crippen LogP contribution in [0.5, 0.6) is 5.75 Å². The summed E-state index contributed by atoms with van der Waals surface area (Å²) in [5.41, 5.74) is 1.13. The van der Waals surface area contributed by atoms with Gasteiger partial charge < -0.3 is 15.2 Å². The van der Waals surface area contributed by atoms with E-state index in [4.69, 9.17) is 4.74 Å². The quantitative estimate of drug-likeness (QED) is 0.819. The number of rotatable bonds is 5. The lowest BCUT2D eigenvalue weighted by Gasteiger charge is -2.34. The molecule has 0 radical (unpaired) electrons. The van der Waals surface area contributed by atoms with E-state index in [0.717, 1.165) is 37.5 Å². The van der Waals surface area contributed by atoms with Gasteiger partial charge in [-0.05, 0) is 24.6 Å². The van der Waals surface area contributed by atoms with Gasteiger partial charge in [-0.15, -0.1) is 0 Å². The van der Waals surface area contributed by atoms with Crippen LogP contribution in [0.2, 0.25) is 0 Å². The molecule has 1 atom stereocenters. The highest BCUT2D eigenvalue weighted by Gasteiger charge is 2.21. The molecular formula is C14H22N2O2. The minimum absolute atomic E-state index is 0.0764. The second kappa shape index (κ2) is 6.73. The van der Waals surface area contributed by atoms with Crippen molar-refractivity contribution in [3.8, 4) is 5.75 Å². The molecule has 18 heavy (non-hydrogen) atoms. The number of aliphatic hydroxyl groups is 1. The summed E-state index contributed by atoms with van der Waals surface area (Å²) in [6.07, 6.45) is 0. The smallest absolute Gasteiger partial charge is 0.119 e. The Labute approximate surface area is 109 Å². The highest BCUT2D eigenvalue weighted by Crippen LogP contribution is 2.24. The third-order valence-electron chi connectivity index (χ3n) is 3.32. The van der Waals surface area contributed by atoms with Gasteiger partial charge in [-0.1, -0.05) is 12.1 Å². The van der Waals surface area contributed by atoms with Crippen LogP contribution in [0.15, 0.2) is 24.3 Å². The SMILES string of the molecule is CCOc1cccc([C@@H](CO)N2CCNCC2)c1. The van der Waals surface area contributed by atoms with Crippen molar-refractivity contribution < 1.29 is 9.84 Å². The molecule has 0 saturated carbocycles. The highest BCUT2D eigenvalue weighted by molar-refractivity contribution is 5.30. The predicted octanol–water partition coefficient (Wildman–Crippen LogP) is 1.02. The van der Waals surface area contributed by atoms with Gasteiger partial charge in [0.25, 0.3) is 0 Å². The molecule has 0 aliphatic carbocycles. The standard InChI is InChI=1S/C14H22N2O2/c1-2-18-13-5-3-4-12(10-13)14(11-17)16-8-6-15-7-9-16/h3-5,10,14-15,17H,2,6-9,11H2,1H3/t14-/m1/s1. The van der Waals surface area contributed by atoms with Gasteiger partial charge in [0.15, 0.2) is 0 Å². The Morgan fingerprint density at radius 2 is 2.17 bits per heavy atom. The van der Waals surface area contributed by atoms with Crippen LogP contribution in [-0.2, 0) is 0 Å². The molecule has 0 spiro atoms. The number of piperazine rings is 1. The number of hydrogen-bond acceptors (Lipinski definition) is 4. The van der Waals surface area contributed by atoms with E-state index in [1.807, 2.05) is 25.1 Å². The minimum atomic E-state index is 0.0764. The van der Waals surface area contributed by atoms with Crippen LogP contribution in [0.25, 0.3) is 0 Å². The lowest BCUT2D eigenvalue weighted by molar-refractivity contribution is 0.110. The maximum atomic E-state index is 9.65. The molecule has 0 aromatic heterocycles. The first-order chi connectivity index (χ1) is 8.85. The molecule has 0 unspecified atom stereocenters. The molecule has 4 heteroatoms. The summed E-state index contributed by atoms with van der Waals surface area (Å²) in [5, 5.41) is 13.0. The summed E-state index contributed by atoms with van der Waals surface area (Å²) in [7, 11) is 0. The molecule has 1 aliphatic heterocycles. The molecular weight excluding hydrogens is 228 g/mol. The average molecular weight is 250 g/mol. The maximum Gasteiger partial charge on any atom is 0.119 e. The van der Waals surface area contributed by atoms with Gasteiger partial charge in [0.1, 0.15) is 5.75 Å². The number of ether oxygens (including phenoxy) is 1. The van der Waals surface area contributed by atoms with E-state index in [-0.39, 0.29) is 12.6 Å². The third kappa shape index (κ3) is 3.22. The zero-order valence-electron chi connectivity index (χ0n) is 10.9. The number of aliphatic hydroxyl groups excluding tert-OH is 1. The van der Waals surface area contributed by atoms with E-state index < -0.39 is 0 Å². The fourth-order valence-corrected chi connectivity index (χ4v) is 2.40. The molecule has 1 fully saturated rings. The Bertz CT molecular complexity index is 365. The molecule has 0 amide bonds. The molecule has 1 aromatic carbocycles. The van der Waals surface area contributed by atoms with Crippen molar-refractivity contribution in [1.29, 1.82) is 0 Å². The molecule has 2 N–H and O–H groups in total. The largest absolute Gasteiger partial charge is 0.494 e. The first-order valence-corrected chi connectivity index (χ1v) is 6.63. The molecule has 0 bridgehead atoms. The van der Waals surface area contributed by atoms with Gasteiger partial charge in [-0.3, -0.25) is 4.90 Å². The second-order valence-electron chi connectivity index (χ2n) is 4.49. The van der Waals surface area contributed by atoms with Gasteiger partial charge in [-0.2, -0.15) is 0 Å². The lowest BCUT2D eigenvalue weighted by Crippen LogP contribution is -2.46. The molecule has 1 saturated heterocycles. The van der Waals surface area contributed by atoms with Crippen molar-refractivity contribution >= 4 is 0 Å². The van der Waals surface area contributed by atoms with Gasteiger partial charge in [0.2, 0.25) is 0 Å². The predicted molar refractivity (Wildman–Crippen MR) is 71.9 cm³/mol. The molecule has 4 nitrogen and oxygen atoms in total. The molecule has 100 valence electrons. The zero-order valence-corrected chi connectivity index (χ0v) is 10.9. The van der Waals surface area contributed by atoms with E-state index >= 15 is 0 Å². The molecule has 1 heterocycles. The third-order valence-corrected chi connectivity index (χ3v) is 3.32. The fourth-order valence-electron chi connectivity index (χ4n) is 2.40. The molecule has 2 rings (SSSR count). The monoisotopic (exact) mass is 250 g/mol. The van der Waals surface area contributed by atoms with Crippen LogP contribution in [0.3, 0.4) is 0 Å². The van der Waals surface area contributed by atoms with Crippen molar-refractivity contribution in [3.05, 3.63) is 29.8 Å². The van der Waals surface area contributed by atoms with Gasteiger partial charge in [-0.25, -0.2) is 0 Å². The first kappa shape index (κ1) is 13.3. The summed E-state index contributed by atoms with van der Waals surface area (Å²) >= 11 is 0. The average Bonchev–Trinajstić information content (AvgIpc) is 2.42. The van der Waals surface area contributed by atoms with E-state index in [2.05, 4.69) is 16.3 Å². The number of nitrogens with one attached hydrogen (secondary N) is 1. The van der Waals surface area contributed by atoms with Crippen LogP contribution in [-0.4, -0.2) is 49.4 Å². The molecule has 1 aromatic rings. The Morgan fingerprint density at radius 3 is 2.83 bits per heavy atom. The number of nitrogens with zero attached hydrogens (tertiary/aromatic N) is 1. The van der Waals surface area contributed by atoms with Gasteiger partial charge in [0, 0.05) is 26.2 Å². The van der Waals surface area contributed by atoms with Crippen molar-refractivity contribution in [3.63, 3.8) is 0 Å². The van der Waals surface area contributed by atoms with Crippen molar-refractivity contribution in [1.82, 2.24) is 10.2 Å². The van der Waals surface area contributed by atoms with E-state index in [1.165, 1.54) is 0 Å². The Hall–Kier alpha value is -1.10. The lowest BCUT2D eigenvalue weighted by atomic mass is 10.0. The maximum absolute atomic E-state index is 9.65. The van der Waals surface area contributed by atoms with Crippen LogP contribution in [0.4, 0.5) is 0 Å². The Morgan fingerprint density at radius 1 is 1.39 bits per heavy atom. The summed E-state index contributed by atoms with van der Waals surface area (Å²) < 4.78 is 5.52. The van der Waals surface area contributed by atoms with E-state index in [1.54, 1.807) is 0 Å². The number of hydrogen-bond donors (Lipinski definition) is 2. The number of benzene rings is 1.